The van der Waals surface area contributed by atoms with Crippen LogP contribution in [-0.4, -0.2) is 14.8 Å². The van der Waals surface area contributed by atoms with Gasteiger partial charge in [0.1, 0.15) is 18.7 Å². The molecule has 19 heavy (non-hydrogen) atoms. The fraction of sp³-hybridized carbons (Fsp3) is 0.385. The molecule has 2 aromatic rings. The lowest BCUT2D eigenvalue weighted by Crippen LogP contribution is -2.08. The van der Waals surface area contributed by atoms with Crippen LogP contribution in [0.15, 0.2) is 24.5 Å². The highest BCUT2D eigenvalue weighted by molar-refractivity contribution is 6.32. The van der Waals surface area contributed by atoms with Gasteiger partial charge in [-0.3, -0.25) is 0 Å². The van der Waals surface area contributed by atoms with Crippen molar-refractivity contribution >= 4 is 11.6 Å². The molecule has 1 aromatic heterocycles. The van der Waals surface area contributed by atoms with E-state index in [4.69, 9.17) is 22.1 Å². The smallest absolute Gasteiger partial charge is 0.164 e. The first kappa shape index (κ1) is 13.8. The Morgan fingerprint density at radius 1 is 1.47 bits per heavy atom. The average Bonchev–Trinajstić information content (AvgIpc) is 2.84. The molecular weight excluding hydrogens is 264 g/mol. The molecule has 5 nitrogen and oxygen atoms in total. The van der Waals surface area contributed by atoms with Crippen molar-refractivity contribution in [1.29, 1.82) is 0 Å². The summed E-state index contributed by atoms with van der Waals surface area (Å²) >= 11 is 6.16. The fourth-order valence-electron chi connectivity index (χ4n) is 1.72. The Morgan fingerprint density at radius 2 is 2.26 bits per heavy atom. The van der Waals surface area contributed by atoms with Gasteiger partial charge < -0.3 is 10.5 Å². The van der Waals surface area contributed by atoms with Crippen molar-refractivity contribution in [3.63, 3.8) is 0 Å². The van der Waals surface area contributed by atoms with E-state index in [1.807, 2.05) is 32.0 Å². The van der Waals surface area contributed by atoms with Gasteiger partial charge in [0.2, 0.25) is 0 Å². The highest BCUT2D eigenvalue weighted by Crippen LogP contribution is 2.27. The molecule has 0 saturated heterocycles. The average molecular weight is 281 g/mol. The summed E-state index contributed by atoms with van der Waals surface area (Å²) in [7, 11) is 0. The molecule has 0 aliphatic rings. The number of nitrogens with two attached hydrogens (primary N) is 1. The number of hydrogen-bond donors (Lipinski definition) is 1. The topological polar surface area (TPSA) is 66.0 Å². The van der Waals surface area contributed by atoms with Crippen molar-refractivity contribution in [2.24, 2.45) is 5.73 Å². The Morgan fingerprint density at radius 3 is 2.89 bits per heavy atom. The van der Waals surface area contributed by atoms with E-state index in [0.29, 0.717) is 17.4 Å². The van der Waals surface area contributed by atoms with E-state index in [9.17, 15) is 0 Å². The Hall–Kier alpha value is -1.59. The summed E-state index contributed by atoms with van der Waals surface area (Å²) in [4.78, 5) is 4.14. The van der Waals surface area contributed by atoms with Crippen LogP contribution in [0.5, 0.6) is 5.75 Å². The third-order valence-corrected chi connectivity index (χ3v) is 3.13. The highest BCUT2D eigenvalue weighted by Gasteiger charge is 2.08. The molecular formula is C13H17ClN4O. The maximum Gasteiger partial charge on any atom is 0.164 e. The third-order valence-electron chi connectivity index (χ3n) is 2.83. The number of hydrogen-bond acceptors (Lipinski definition) is 4. The Bertz CT molecular complexity index is 553. The zero-order valence-corrected chi connectivity index (χ0v) is 11.8. The van der Waals surface area contributed by atoms with E-state index in [1.165, 1.54) is 6.33 Å². The van der Waals surface area contributed by atoms with Crippen molar-refractivity contribution in [2.45, 2.75) is 33.0 Å². The molecule has 102 valence electrons. The number of aryl methyl sites for hydroxylation is 1. The Balaban J connectivity index is 2.08. The number of ether oxygens (including phenoxy) is 1. The first-order valence-electron chi connectivity index (χ1n) is 6.16. The molecule has 0 spiro atoms. The zero-order chi connectivity index (χ0) is 13.8. The number of benzene rings is 1. The van der Waals surface area contributed by atoms with Gasteiger partial charge in [0, 0.05) is 12.6 Å². The van der Waals surface area contributed by atoms with E-state index in [2.05, 4.69) is 10.1 Å². The van der Waals surface area contributed by atoms with Gasteiger partial charge >= 0.3 is 0 Å². The summed E-state index contributed by atoms with van der Waals surface area (Å²) in [5.74, 6) is 1.39. The quantitative estimate of drug-likeness (QED) is 0.914. The molecule has 0 aliphatic carbocycles. The van der Waals surface area contributed by atoms with Gasteiger partial charge in [0.15, 0.2) is 5.82 Å². The van der Waals surface area contributed by atoms with Gasteiger partial charge in [-0.05, 0) is 31.5 Å². The van der Waals surface area contributed by atoms with Crippen LogP contribution in [0.25, 0.3) is 0 Å². The van der Waals surface area contributed by atoms with Gasteiger partial charge in [-0.1, -0.05) is 17.7 Å². The SMILES string of the molecule is CCn1ncnc1COc1ccc(C(C)N)cc1Cl. The largest absolute Gasteiger partial charge is 0.484 e. The zero-order valence-electron chi connectivity index (χ0n) is 11.0. The molecule has 2 rings (SSSR count). The second kappa shape index (κ2) is 6.04. The molecule has 2 N–H and O–H groups in total. The normalized spacial score (nSPS) is 12.4. The monoisotopic (exact) mass is 280 g/mol. The summed E-state index contributed by atoms with van der Waals surface area (Å²) in [6.45, 7) is 5.01. The lowest BCUT2D eigenvalue weighted by atomic mass is 10.1. The van der Waals surface area contributed by atoms with Crippen LogP contribution in [0.4, 0.5) is 0 Å². The molecule has 1 heterocycles. The van der Waals surface area contributed by atoms with Crippen molar-refractivity contribution in [2.75, 3.05) is 0 Å². The number of halogens is 1. The predicted molar refractivity (Wildman–Crippen MR) is 74.1 cm³/mol. The van der Waals surface area contributed by atoms with Crippen molar-refractivity contribution in [3.8, 4) is 5.75 Å². The maximum atomic E-state index is 6.16. The molecule has 0 radical (unpaired) electrons. The van der Waals surface area contributed by atoms with Crippen molar-refractivity contribution < 1.29 is 4.74 Å². The second-order valence-corrected chi connectivity index (χ2v) is 4.67. The summed E-state index contributed by atoms with van der Waals surface area (Å²) in [6, 6.07) is 5.52. The molecule has 0 saturated carbocycles. The summed E-state index contributed by atoms with van der Waals surface area (Å²) in [6.07, 6.45) is 1.52. The van der Waals surface area contributed by atoms with Crippen LogP contribution in [0.1, 0.15) is 31.3 Å². The Kier molecular flexibility index (Phi) is 4.39. The lowest BCUT2D eigenvalue weighted by molar-refractivity contribution is 0.287. The van der Waals surface area contributed by atoms with E-state index in [0.717, 1.165) is 17.9 Å². The first-order chi connectivity index (χ1) is 9.11. The number of nitrogens with zero attached hydrogens (tertiary/aromatic N) is 3. The van der Waals surface area contributed by atoms with Gasteiger partial charge in [-0.25, -0.2) is 9.67 Å². The number of rotatable bonds is 5. The maximum absolute atomic E-state index is 6.16. The molecule has 6 heteroatoms. The minimum absolute atomic E-state index is 0.0465. The molecule has 0 fully saturated rings. The van der Waals surface area contributed by atoms with Gasteiger partial charge in [0.25, 0.3) is 0 Å². The van der Waals surface area contributed by atoms with Crippen LogP contribution in [0.3, 0.4) is 0 Å². The number of aromatic nitrogens is 3. The minimum atomic E-state index is -0.0465. The lowest BCUT2D eigenvalue weighted by Gasteiger charge is -2.11. The summed E-state index contributed by atoms with van der Waals surface area (Å²) < 4.78 is 7.44. The van der Waals surface area contributed by atoms with E-state index in [-0.39, 0.29) is 6.04 Å². The highest BCUT2D eigenvalue weighted by atomic mass is 35.5. The van der Waals surface area contributed by atoms with Crippen LogP contribution >= 0.6 is 11.6 Å². The first-order valence-corrected chi connectivity index (χ1v) is 6.54. The molecule has 0 amide bonds. The van der Waals surface area contributed by atoms with Crippen LogP contribution in [0.2, 0.25) is 5.02 Å². The molecule has 1 atom stereocenters. The molecule has 1 unspecified atom stereocenters. The van der Waals surface area contributed by atoms with Gasteiger partial charge in [0.05, 0.1) is 5.02 Å². The summed E-state index contributed by atoms with van der Waals surface area (Å²) in [5.41, 5.74) is 6.78. The van der Waals surface area contributed by atoms with Crippen LogP contribution in [-0.2, 0) is 13.2 Å². The summed E-state index contributed by atoms with van der Waals surface area (Å²) in [5, 5.41) is 4.64. The molecule has 1 aromatic carbocycles. The molecule has 0 bridgehead atoms. The van der Waals surface area contributed by atoms with E-state index < -0.39 is 0 Å². The van der Waals surface area contributed by atoms with Crippen LogP contribution < -0.4 is 10.5 Å². The predicted octanol–water partition coefficient (Wildman–Crippen LogP) is 2.55. The third kappa shape index (κ3) is 3.24. The van der Waals surface area contributed by atoms with E-state index in [1.54, 1.807) is 4.68 Å². The second-order valence-electron chi connectivity index (χ2n) is 4.26. The van der Waals surface area contributed by atoms with Crippen molar-refractivity contribution in [1.82, 2.24) is 14.8 Å². The standard InChI is InChI=1S/C13H17ClN4O/c1-3-18-13(16-8-17-18)7-19-12-5-4-10(9(2)15)6-11(12)14/h4-6,8-9H,3,7,15H2,1-2H3. The van der Waals surface area contributed by atoms with E-state index >= 15 is 0 Å². The minimum Gasteiger partial charge on any atom is -0.484 e. The van der Waals surface area contributed by atoms with Crippen molar-refractivity contribution in [3.05, 3.63) is 40.9 Å². The van der Waals surface area contributed by atoms with Gasteiger partial charge in [-0.15, -0.1) is 0 Å². The fourth-order valence-corrected chi connectivity index (χ4v) is 1.97. The van der Waals surface area contributed by atoms with Crippen LogP contribution in [0, 0.1) is 0 Å². The Labute approximate surface area is 117 Å². The van der Waals surface area contributed by atoms with Gasteiger partial charge in [-0.2, -0.15) is 5.10 Å². The molecule has 0 aliphatic heterocycles.